The molecular weight excluding hydrogens is 242 g/mol. The first-order valence-electron chi connectivity index (χ1n) is 6.82. The van der Waals surface area contributed by atoms with Gasteiger partial charge in [-0.1, -0.05) is 6.42 Å². The van der Waals surface area contributed by atoms with Crippen molar-refractivity contribution in [1.29, 1.82) is 5.26 Å². The van der Waals surface area contributed by atoms with Crippen molar-refractivity contribution in [3.05, 3.63) is 0 Å². The molecule has 1 heterocycles. The standard InChI is InChI=1S/C14H23N3O2/c1-14(2,10-15)8-4-5-9-16-11-6-7-12(18)17(3)13(11)19/h11,16H,4-9H2,1-3H3. The number of likely N-dealkylation sites (tertiary alicyclic amines) is 1. The molecule has 5 heteroatoms. The molecule has 1 N–H and O–H groups in total. The molecule has 1 fully saturated rings. The zero-order valence-electron chi connectivity index (χ0n) is 12.0. The van der Waals surface area contributed by atoms with E-state index in [0.29, 0.717) is 12.8 Å². The van der Waals surface area contributed by atoms with E-state index in [9.17, 15) is 9.59 Å². The van der Waals surface area contributed by atoms with Gasteiger partial charge in [-0.15, -0.1) is 0 Å². The zero-order chi connectivity index (χ0) is 14.5. The third-order valence-electron chi connectivity index (χ3n) is 3.57. The van der Waals surface area contributed by atoms with Crippen LogP contribution in [0, 0.1) is 16.7 Å². The van der Waals surface area contributed by atoms with Crippen molar-refractivity contribution >= 4 is 11.8 Å². The average Bonchev–Trinajstić information content (AvgIpc) is 2.38. The summed E-state index contributed by atoms with van der Waals surface area (Å²) < 4.78 is 0. The Hall–Kier alpha value is -1.41. The van der Waals surface area contributed by atoms with E-state index in [2.05, 4.69) is 11.4 Å². The van der Waals surface area contributed by atoms with Gasteiger partial charge in [0.05, 0.1) is 17.5 Å². The zero-order valence-corrected chi connectivity index (χ0v) is 12.0. The van der Waals surface area contributed by atoms with Gasteiger partial charge in [-0.3, -0.25) is 14.5 Å². The number of imide groups is 1. The fourth-order valence-electron chi connectivity index (χ4n) is 2.13. The van der Waals surface area contributed by atoms with Crippen LogP contribution in [0.4, 0.5) is 0 Å². The topological polar surface area (TPSA) is 73.2 Å². The predicted octanol–water partition coefficient (Wildman–Crippen LogP) is 1.44. The van der Waals surface area contributed by atoms with Gasteiger partial charge in [0.25, 0.3) is 0 Å². The van der Waals surface area contributed by atoms with Gasteiger partial charge in [-0.2, -0.15) is 5.26 Å². The Kier molecular flexibility index (Phi) is 5.49. The Morgan fingerprint density at radius 1 is 1.42 bits per heavy atom. The number of rotatable bonds is 6. The van der Waals surface area contributed by atoms with Gasteiger partial charge in [0.15, 0.2) is 0 Å². The second-order valence-corrected chi connectivity index (χ2v) is 5.79. The molecule has 0 aromatic carbocycles. The van der Waals surface area contributed by atoms with E-state index in [1.807, 2.05) is 13.8 Å². The molecular formula is C14H23N3O2. The molecule has 1 saturated heterocycles. The van der Waals surface area contributed by atoms with Crippen molar-refractivity contribution in [2.45, 2.75) is 52.0 Å². The number of likely N-dealkylation sites (N-methyl/N-ethyl adjacent to an activating group) is 1. The monoisotopic (exact) mass is 265 g/mol. The van der Waals surface area contributed by atoms with Crippen LogP contribution in [0.5, 0.6) is 0 Å². The first-order chi connectivity index (χ1) is 8.87. The van der Waals surface area contributed by atoms with E-state index in [1.165, 1.54) is 11.9 Å². The molecule has 0 radical (unpaired) electrons. The van der Waals surface area contributed by atoms with Crippen LogP contribution in [0.1, 0.15) is 46.0 Å². The molecule has 0 aromatic heterocycles. The summed E-state index contributed by atoms with van der Waals surface area (Å²) in [7, 11) is 1.54. The largest absolute Gasteiger partial charge is 0.306 e. The molecule has 1 aliphatic rings. The van der Waals surface area contributed by atoms with Crippen LogP contribution in [0.25, 0.3) is 0 Å². The van der Waals surface area contributed by atoms with Crippen LogP contribution >= 0.6 is 0 Å². The predicted molar refractivity (Wildman–Crippen MR) is 72.0 cm³/mol. The molecule has 0 aromatic rings. The van der Waals surface area contributed by atoms with Crippen molar-refractivity contribution in [1.82, 2.24) is 10.2 Å². The van der Waals surface area contributed by atoms with Gasteiger partial charge in [0, 0.05) is 13.5 Å². The quantitative estimate of drug-likeness (QED) is 0.582. The Bertz CT molecular complexity index is 385. The van der Waals surface area contributed by atoms with Gasteiger partial charge in [0.2, 0.25) is 11.8 Å². The molecule has 2 amide bonds. The van der Waals surface area contributed by atoms with Crippen molar-refractivity contribution < 1.29 is 9.59 Å². The lowest BCUT2D eigenvalue weighted by Gasteiger charge is -2.28. The molecule has 5 nitrogen and oxygen atoms in total. The maximum absolute atomic E-state index is 11.8. The van der Waals surface area contributed by atoms with Gasteiger partial charge < -0.3 is 5.32 Å². The van der Waals surface area contributed by atoms with Crippen LogP contribution in [0.3, 0.4) is 0 Å². The Morgan fingerprint density at radius 2 is 2.11 bits per heavy atom. The minimum absolute atomic E-state index is 0.0983. The summed E-state index contributed by atoms with van der Waals surface area (Å²) in [6.07, 6.45) is 3.78. The van der Waals surface area contributed by atoms with Crippen LogP contribution < -0.4 is 5.32 Å². The molecule has 0 saturated carbocycles. The lowest BCUT2D eigenvalue weighted by molar-refractivity contribution is -0.148. The second kappa shape index (κ2) is 6.67. The number of nitriles is 1. The van der Waals surface area contributed by atoms with E-state index in [-0.39, 0.29) is 23.3 Å². The summed E-state index contributed by atoms with van der Waals surface area (Å²) in [5.74, 6) is -0.229. The summed E-state index contributed by atoms with van der Waals surface area (Å²) in [5, 5.41) is 12.1. The number of amides is 2. The number of carbonyl (C=O) groups excluding carboxylic acids is 2. The number of hydrogen-bond acceptors (Lipinski definition) is 4. The summed E-state index contributed by atoms with van der Waals surface area (Å²) in [6.45, 7) is 4.62. The first-order valence-corrected chi connectivity index (χ1v) is 6.82. The van der Waals surface area contributed by atoms with E-state index >= 15 is 0 Å². The molecule has 1 unspecified atom stereocenters. The number of hydrogen-bond donors (Lipinski definition) is 1. The summed E-state index contributed by atoms with van der Waals surface area (Å²) in [5.41, 5.74) is -0.271. The first kappa shape index (κ1) is 15.6. The highest BCUT2D eigenvalue weighted by atomic mass is 16.2. The van der Waals surface area contributed by atoms with Crippen molar-refractivity contribution in [3.8, 4) is 6.07 Å². The SMILES string of the molecule is CN1C(=O)CCC(NCCCCC(C)(C)C#N)C1=O. The van der Waals surface area contributed by atoms with Crippen LogP contribution in [0.2, 0.25) is 0 Å². The van der Waals surface area contributed by atoms with E-state index < -0.39 is 0 Å². The molecule has 19 heavy (non-hydrogen) atoms. The van der Waals surface area contributed by atoms with E-state index in [1.54, 1.807) is 0 Å². The minimum Gasteiger partial charge on any atom is -0.306 e. The average molecular weight is 265 g/mol. The number of nitrogens with zero attached hydrogens (tertiary/aromatic N) is 2. The molecule has 1 atom stereocenters. The van der Waals surface area contributed by atoms with Gasteiger partial charge >= 0.3 is 0 Å². The second-order valence-electron chi connectivity index (χ2n) is 5.79. The minimum atomic E-state index is -0.271. The summed E-state index contributed by atoms with van der Waals surface area (Å²) in [4.78, 5) is 24.3. The Labute approximate surface area is 115 Å². The lowest BCUT2D eigenvalue weighted by atomic mass is 9.89. The third kappa shape index (κ3) is 4.64. The number of carbonyl (C=O) groups is 2. The smallest absolute Gasteiger partial charge is 0.246 e. The molecule has 0 spiro atoms. The molecule has 1 aliphatic heterocycles. The Balaban J connectivity index is 2.22. The maximum Gasteiger partial charge on any atom is 0.246 e. The van der Waals surface area contributed by atoms with E-state index in [0.717, 1.165) is 25.8 Å². The number of piperidine rings is 1. The normalized spacial score (nSPS) is 20.5. The van der Waals surface area contributed by atoms with Crippen LogP contribution in [-0.2, 0) is 9.59 Å². The van der Waals surface area contributed by atoms with Crippen molar-refractivity contribution in [3.63, 3.8) is 0 Å². The number of nitrogens with one attached hydrogen (secondary N) is 1. The lowest BCUT2D eigenvalue weighted by Crippen LogP contribution is -2.51. The van der Waals surface area contributed by atoms with Crippen LogP contribution in [-0.4, -0.2) is 36.3 Å². The van der Waals surface area contributed by atoms with Gasteiger partial charge in [0.1, 0.15) is 0 Å². The molecule has 1 rings (SSSR count). The third-order valence-corrected chi connectivity index (χ3v) is 3.57. The van der Waals surface area contributed by atoms with Gasteiger partial charge in [-0.05, 0) is 39.7 Å². The fourth-order valence-corrected chi connectivity index (χ4v) is 2.13. The van der Waals surface area contributed by atoms with Crippen LogP contribution in [0.15, 0.2) is 0 Å². The fraction of sp³-hybridized carbons (Fsp3) is 0.786. The highest BCUT2D eigenvalue weighted by Crippen LogP contribution is 2.21. The molecule has 0 bridgehead atoms. The summed E-state index contributed by atoms with van der Waals surface area (Å²) in [6, 6.07) is 2.05. The maximum atomic E-state index is 11.8. The van der Waals surface area contributed by atoms with Gasteiger partial charge in [-0.25, -0.2) is 0 Å². The van der Waals surface area contributed by atoms with Crippen molar-refractivity contribution in [2.24, 2.45) is 5.41 Å². The summed E-state index contributed by atoms with van der Waals surface area (Å²) >= 11 is 0. The van der Waals surface area contributed by atoms with E-state index in [4.69, 9.17) is 5.26 Å². The highest BCUT2D eigenvalue weighted by molar-refractivity contribution is 6.00. The highest BCUT2D eigenvalue weighted by Gasteiger charge is 2.30. The van der Waals surface area contributed by atoms with Crippen molar-refractivity contribution in [2.75, 3.05) is 13.6 Å². The molecule has 106 valence electrons. The number of unbranched alkanes of at least 4 members (excludes halogenated alkanes) is 1. The molecule has 0 aliphatic carbocycles. The Morgan fingerprint density at radius 3 is 2.74 bits per heavy atom.